The van der Waals surface area contributed by atoms with E-state index in [2.05, 4.69) is 6.07 Å². The van der Waals surface area contributed by atoms with Crippen molar-refractivity contribution >= 4 is 11.4 Å². The first-order chi connectivity index (χ1) is 6.07. The number of nitrogens with two attached hydrogens (primary N) is 1. The molecule has 73 valence electrons. The largest absolute Gasteiger partial charge is 0.545 e. The summed E-state index contributed by atoms with van der Waals surface area (Å²) < 4.78 is 4.82. The van der Waals surface area contributed by atoms with Gasteiger partial charge in [0.1, 0.15) is 5.75 Å². The van der Waals surface area contributed by atoms with Gasteiger partial charge < -0.3 is 10.5 Å². The minimum absolute atomic E-state index is 0. The molecule has 14 heavy (non-hydrogen) atoms. The molecule has 2 N–H and O–H groups in total. The molecule has 0 aromatic heterocycles. The van der Waals surface area contributed by atoms with Gasteiger partial charge in [-0.3, -0.25) is 10.1 Å². The van der Waals surface area contributed by atoms with Crippen molar-refractivity contribution in [1.29, 1.82) is 0 Å². The van der Waals surface area contributed by atoms with Crippen molar-refractivity contribution in [3.05, 3.63) is 27.8 Å². The third-order valence-corrected chi connectivity index (χ3v) is 1.66. The van der Waals surface area contributed by atoms with Crippen molar-refractivity contribution in [3.63, 3.8) is 0 Å². The molecule has 1 rings (SSSR count). The summed E-state index contributed by atoms with van der Waals surface area (Å²) in [5.41, 5.74) is 5.99. The number of ether oxygens (including phenoxy) is 1. The number of nitrogens with zero attached hydrogens (tertiary/aromatic N) is 1. The number of nitrogen functional groups attached to an aromatic ring is 1. The van der Waals surface area contributed by atoms with Gasteiger partial charge in [0.15, 0.2) is 0 Å². The predicted molar refractivity (Wildman–Crippen MR) is 47.6 cm³/mol. The molecule has 0 saturated carbocycles. The van der Waals surface area contributed by atoms with Crippen LogP contribution >= 0.6 is 0 Å². The van der Waals surface area contributed by atoms with Gasteiger partial charge in [-0.1, -0.05) is 12.5 Å². The van der Waals surface area contributed by atoms with Crippen LogP contribution in [0.4, 0.5) is 11.4 Å². The summed E-state index contributed by atoms with van der Waals surface area (Å²) in [6.07, 6.45) is 0. The molecule has 1 aromatic rings. The van der Waals surface area contributed by atoms with Crippen LogP contribution in [-0.4, -0.2) is 12.0 Å². The molecule has 6 heteroatoms. The first kappa shape index (κ1) is 13.3. The monoisotopic (exact) mass is 270 g/mol. The van der Waals surface area contributed by atoms with Crippen molar-refractivity contribution in [2.24, 2.45) is 0 Å². The van der Waals surface area contributed by atoms with E-state index in [1.54, 1.807) is 6.92 Å². The van der Waals surface area contributed by atoms with E-state index in [1.165, 1.54) is 13.2 Å². The van der Waals surface area contributed by atoms with Crippen LogP contribution in [0.3, 0.4) is 0 Å². The van der Waals surface area contributed by atoms with E-state index in [4.69, 9.17) is 10.5 Å². The van der Waals surface area contributed by atoms with Crippen LogP contribution in [0.15, 0.2) is 6.07 Å². The molecule has 0 atom stereocenters. The standard InChI is InChI=1S/C8H9N2O3.Y/c1-5-3-4-6(9)8(13-2)7(5)10(11)12;/h3H,9H2,1-2H3;/q-1;. The summed E-state index contributed by atoms with van der Waals surface area (Å²) in [7, 11) is 1.34. The summed E-state index contributed by atoms with van der Waals surface area (Å²) in [5.74, 6) is 0.0741. The second-order valence-electron chi connectivity index (χ2n) is 2.52. The maximum Gasteiger partial charge on any atom is 0.211 e. The zero-order chi connectivity index (χ0) is 10.0. The van der Waals surface area contributed by atoms with Gasteiger partial charge in [0.25, 0.3) is 0 Å². The second-order valence-corrected chi connectivity index (χ2v) is 2.52. The number of hydrogen-bond acceptors (Lipinski definition) is 4. The number of nitro groups is 1. The first-order valence-electron chi connectivity index (χ1n) is 3.57. The minimum atomic E-state index is -0.516. The molecule has 0 heterocycles. The third kappa shape index (κ3) is 2.42. The van der Waals surface area contributed by atoms with Gasteiger partial charge in [-0.2, -0.15) is 12.1 Å². The van der Waals surface area contributed by atoms with E-state index in [9.17, 15) is 10.1 Å². The maximum atomic E-state index is 10.6. The fourth-order valence-corrected chi connectivity index (χ4v) is 1.06. The van der Waals surface area contributed by atoms with Crippen LogP contribution in [0.1, 0.15) is 5.56 Å². The van der Waals surface area contributed by atoms with Gasteiger partial charge in [-0.05, 0) is 5.69 Å². The normalized spacial score (nSPS) is 9.00. The van der Waals surface area contributed by atoms with E-state index >= 15 is 0 Å². The van der Waals surface area contributed by atoms with Gasteiger partial charge in [-0.15, -0.1) is 0 Å². The van der Waals surface area contributed by atoms with E-state index < -0.39 is 4.92 Å². The molecular formula is C8H9N2O3Y-. The third-order valence-electron chi connectivity index (χ3n) is 1.66. The second kappa shape index (κ2) is 5.27. The van der Waals surface area contributed by atoms with Gasteiger partial charge in [0.2, 0.25) is 5.69 Å². The minimum Gasteiger partial charge on any atom is -0.545 e. The number of methoxy groups -OCH3 is 1. The average molecular weight is 270 g/mol. The SMILES string of the molecule is COc1c(N)[c-]cc(C)c1[N+](=O)[O-].[Y]. The summed E-state index contributed by atoms with van der Waals surface area (Å²) in [5, 5.41) is 10.6. The number of anilines is 1. The molecule has 1 aromatic carbocycles. The Labute approximate surface area is 107 Å². The number of aryl methyl sites for hydroxylation is 1. The summed E-state index contributed by atoms with van der Waals surface area (Å²) in [6.45, 7) is 1.61. The molecule has 0 bridgehead atoms. The van der Waals surface area contributed by atoms with E-state index in [-0.39, 0.29) is 49.8 Å². The van der Waals surface area contributed by atoms with Crippen molar-refractivity contribution in [2.75, 3.05) is 12.8 Å². The Morgan fingerprint density at radius 1 is 1.64 bits per heavy atom. The maximum absolute atomic E-state index is 10.6. The zero-order valence-electron chi connectivity index (χ0n) is 7.90. The molecule has 0 spiro atoms. The summed E-state index contributed by atoms with van der Waals surface area (Å²) in [6, 6.07) is 4.13. The van der Waals surface area contributed by atoms with Gasteiger partial charge in [0.05, 0.1) is 7.11 Å². The van der Waals surface area contributed by atoms with E-state index in [0.717, 1.165) is 0 Å². The molecule has 5 nitrogen and oxygen atoms in total. The Morgan fingerprint density at radius 3 is 2.57 bits per heavy atom. The fourth-order valence-electron chi connectivity index (χ4n) is 1.06. The van der Waals surface area contributed by atoms with Crippen LogP contribution in [0.5, 0.6) is 5.75 Å². The van der Waals surface area contributed by atoms with Crippen LogP contribution in [0.2, 0.25) is 0 Å². The summed E-state index contributed by atoms with van der Waals surface area (Å²) >= 11 is 0. The Morgan fingerprint density at radius 2 is 2.21 bits per heavy atom. The number of rotatable bonds is 2. The van der Waals surface area contributed by atoms with Gasteiger partial charge in [-0.25, -0.2) is 0 Å². The van der Waals surface area contributed by atoms with Crippen LogP contribution in [0.25, 0.3) is 0 Å². The van der Waals surface area contributed by atoms with Crippen LogP contribution in [-0.2, 0) is 32.7 Å². The molecule has 0 saturated heterocycles. The number of hydrogen-bond donors (Lipinski definition) is 1. The smallest absolute Gasteiger partial charge is 0.211 e. The molecule has 0 aliphatic heterocycles. The molecule has 0 fully saturated rings. The Kier molecular flexibility index (Phi) is 5.01. The Hall–Kier alpha value is -0.676. The Bertz CT molecular complexity index is 355. The number of benzene rings is 1. The molecule has 1 radical (unpaired) electrons. The van der Waals surface area contributed by atoms with Crippen molar-refractivity contribution in [2.45, 2.75) is 6.92 Å². The quantitative estimate of drug-likeness (QED) is 0.380. The zero-order valence-corrected chi connectivity index (χ0v) is 10.7. The van der Waals surface area contributed by atoms with Gasteiger partial charge >= 0.3 is 0 Å². The van der Waals surface area contributed by atoms with Crippen LogP contribution in [0, 0.1) is 23.1 Å². The van der Waals surface area contributed by atoms with Crippen molar-refractivity contribution in [1.82, 2.24) is 0 Å². The average Bonchev–Trinajstić information content (AvgIpc) is 2.07. The topological polar surface area (TPSA) is 78.4 Å². The predicted octanol–water partition coefficient (Wildman–Crippen LogP) is 1.29. The first-order valence-corrected chi connectivity index (χ1v) is 3.57. The molecular weight excluding hydrogens is 261 g/mol. The van der Waals surface area contributed by atoms with Crippen molar-refractivity contribution < 1.29 is 42.4 Å². The van der Waals surface area contributed by atoms with E-state index in [0.29, 0.717) is 5.56 Å². The Balaban J connectivity index is 0.00000169. The number of nitro benzene ring substituents is 1. The molecule has 0 amide bonds. The van der Waals surface area contributed by atoms with E-state index in [1.807, 2.05) is 0 Å². The summed E-state index contributed by atoms with van der Waals surface area (Å²) in [4.78, 5) is 10.1. The molecule has 0 aliphatic carbocycles. The van der Waals surface area contributed by atoms with Crippen molar-refractivity contribution in [3.8, 4) is 5.75 Å². The fraction of sp³-hybridized carbons (Fsp3) is 0.250. The molecule has 0 aliphatic rings. The van der Waals surface area contributed by atoms with Gasteiger partial charge in [0, 0.05) is 37.6 Å². The van der Waals surface area contributed by atoms with Crippen LogP contribution < -0.4 is 10.5 Å². The molecule has 0 unspecified atom stereocenters.